The molecule has 0 amide bonds. The standard InChI is InChI=1S/C11H21NO/c13-9-8-12(11-6-3-7-11)10-4-1-2-5-10/h10-11,13H,1-9H2. The van der Waals surface area contributed by atoms with Gasteiger partial charge in [0.05, 0.1) is 6.61 Å². The summed E-state index contributed by atoms with van der Waals surface area (Å²) in [6, 6.07) is 1.62. The highest BCUT2D eigenvalue weighted by Gasteiger charge is 2.31. The van der Waals surface area contributed by atoms with Crippen LogP contribution in [0.15, 0.2) is 0 Å². The van der Waals surface area contributed by atoms with E-state index in [4.69, 9.17) is 5.11 Å². The maximum absolute atomic E-state index is 9.02. The first-order valence-corrected chi connectivity index (χ1v) is 5.78. The average molecular weight is 183 g/mol. The summed E-state index contributed by atoms with van der Waals surface area (Å²) in [7, 11) is 0. The zero-order valence-electron chi connectivity index (χ0n) is 8.41. The fourth-order valence-electron chi connectivity index (χ4n) is 2.73. The van der Waals surface area contributed by atoms with Crippen LogP contribution in [0.1, 0.15) is 44.9 Å². The van der Waals surface area contributed by atoms with Crippen molar-refractivity contribution in [3.63, 3.8) is 0 Å². The Morgan fingerprint density at radius 1 is 0.923 bits per heavy atom. The molecule has 2 saturated carbocycles. The van der Waals surface area contributed by atoms with Crippen LogP contribution in [0.2, 0.25) is 0 Å². The summed E-state index contributed by atoms with van der Waals surface area (Å²) in [5.74, 6) is 0. The second kappa shape index (κ2) is 4.43. The van der Waals surface area contributed by atoms with Crippen LogP contribution in [0.4, 0.5) is 0 Å². The van der Waals surface area contributed by atoms with Crippen LogP contribution in [0.3, 0.4) is 0 Å². The smallest absolute Gasteiger partial charge is 0.0558 e. The van der Waals surface area contributed by atoms with Crippen molar-refractivity contribution in [2.45, 2.75) is 57.0 Å². The summed E-state index contributed by atoms with van der Waals surface area (Å²) in [6.07, 6.45) is 9.69. The van der Waals surface area contributed by atoms with E-state index in [-0.39, 0.29) is 0 Å². The summed E-state index contributed by atoms with van der Waals surface area (Å²) >= 11 is 0. The molecule has 2 heteroatoms. The molecule has 0 atom stereocenters. The van der Waals surface area contributed by atoms with Crippen LogP contribution in [-0.2, 0) is 0 Å². The predicted octanol–water partition coefficient (Wildman–Crippen LogP) is 1.78. The maximum Gasteiger partial charge on any atom is 0.0558 e. The van der Waals surface area contributed by atoms with E-state index in [0.29, 0.717) is 6.61 Å². The van der Waals surface area contributed by atoms with E-state index in [2.05, 4.69) is 4.90 Å². The first-order valence-electron chi connectivity index (χ1n) is 5.78. The summed E-state index contributed by atoms with van der Waals surface area (Å²) in [6.45, 7) is 1.25. The van der Waals surface area contributed by atoms with E-state index in [0.717, 1.165) is 18.6 Å². The lowest BCUT2D eigenvalue weighted by Crippen LogP contribution is -2.46. The highest BCUT2D eigenvalue weighted by atomic mass is 16.3. The summed E-state index contributed by atoms with van der Waals surface area (Å²) in [5.41, 5.74) is 0. The van der Waals surface area contributed by atoms with Gasteiger partial charge in [-0.1, -0.05) is 19.3 Å². The van der Waals surface area contributed by atoms with Crippen LogP contribution in [0, 0.1) is 0 Å². The molecular formula is C11H21NO. The van der Waals surface area contributed by atoms with Crippen molar-refractivity contribution >= 4 is 0 Å². The molecule has 0 aromatic rings. The minimum Gasteiger partial charge on any atom is -0.395 e. The zero-order chi connectivity index (χ0) is 9.10. The molecule has 0 aromatic carbocycles. The lowest BCUT2D eigenvalue weighted by atomic mass is 9.90. The minimum atomic E-state index is 0.340. The molecule has 2 rings (SSSR count). The Hall–Kier alpha value is -0.0800. The zero-order valence-corrected chi connectivity index (χ0v) is 8.41. The van der Waals surface area contributed by atoms with Gasteiger partial charge in [0.2, 0.25) is 0 Å². The Morgan fingerprint density at radius 2 is 1.46 bits per heavy atom. The molecule has 2 aliphatic carbocycles. The van der Waals surface area contributed by atoms with E-state index in [9.17, 15) is 0 Å². The molecule has 76 valence electrons. The summed E-state index contributed by atoms with van der Waals surface area (Å²) in [4.78, 5) is 2.58. The molecule has 0 radical (unpaired) electrons. The van der Waals surface area contributed by atoms with Crippen LogP contribution >= 0.6 is 0 Å². The molecule has 0 bridgehead atoms. The van der Waals surface area contributed by atoms with E-state index in [1.54, 1.807) is 0 Å². The highest BCUT2D eigenvalue weighted by Crippen LogP contribution is 2.32. The van der Waals surface area contributed by atoms with Gasteiger partial charge >= 0.3 is 0 Å². The van der Waals surface area contributed by atoms with E-state index in [1.165, 1.54) is 44.9 Å². The number of nitrogens with zero attached hydrogens (tertiary/aromatic N) is 1. The molecule has 0 aliphatic heterocycles. The van der Waals surface area contributed by atoms with E-state index >= 15 is 0 Å². The van der Waals surface area contributed by atoms with Crippen LogP contribution in [0.5, 0.6) is 0 Å². The van der Waals surface area contributed by atoms with Gasteiger partial charge < -0.3 is 5.11 Å². The monoisotopic (exact) mass is 183 g/mol. The second-order valence-corrected chi connectivity index (χ2v) is 4.48. The molecule has 1 N–H and O–H groups in total. The topological polar surface area (TPSA) is 23.5 Å². The molecular weight excluding hydrogens is 162 g/mol. The fourth-order valence-corrected chi connectivity index (χ4v) is 2.73. The van der Waals surface area contributed by atoms with Gasteiger partial charge in [0.1, 0.15) is 0 Å². The average Bonchev–Trinajstić information content (AvgIpc) is 2.51. The number of rotatable bonds is 4. The lowest BCUT2D eigenvalue weighted by molar-refractivity contribution is 0.0621. The number of aliphatic hydroxyl groups is 1. The Kier molecular flexibility index (Phi) is 3.23. The molecule has 2 aliphatic rings. The van der Waals surface area contributed by atoms with Gasteiger partial charge in [-0.2, -0.15) is 0 Å². The molecule has 0 saturated heterocycles. The first kappa shape index (κ1) is 9.47. The highest BCUT2D eigenvalue weighted by molar-refractivity contribution is 4.87. The Bertz CT molecular complexity index is 150. The number of aliphatic hydroxyl groups excluding tert-OH is 1. The third kappa shape index (κ3) is 2.05. The van der Waals surface area contributed by atoms with Crippen molar-refractivity contribution in [2.24, 2.45) is 0 Å². The third-order valence-electron chi connectivity index (χ3n) is 3.70. The molecule has 2 nitrogen and oxygen atoms in total. The number of hydrogen-bond donors (Lipinski definition) is 1. The molecule has 2 fully saturated rings. The van der Waals surface area contributed by atoms with Gasteiger partial charge in [-0.15, -0.1) is 0 Å². The maximum atomic E-state index is 9.02. The summed E-state index contributed by atoms with van der Waals surface area (Å²) < 4.78 is 0. The van der Waals surface area contributed by atoms with Gasteiger partial charge in [0.25, 0.3) is 0 Å². The minimum absolute atomic E-state index is 0.340. The Morgan fingerprint density at radius 3 is 1.85 bits per heavy atom. The summed E-state index contributed by atoms with van der Waals surface area (Å²) in [5, 5.41) is 9.02. The largest absolute Gasteiger partial charge is 0.395 e. The van der Waals surface area contributed by atoms with Gasteiger partial charge in [0.15, 0.2) is 0 Å². The fraction of sp³-hybridized carbons (Fsp3) is 1.00. The quantitative estimate of drug-likeness (QED) is 0.718. The van der Waals surface area contributed by atoms with Gasteiger partial charge in [-0.3, -0.25) is 4.90 Å². The normalized spacial score (nSPS) is 25.4. The van der Waals surface area contributed by atoms with Gasteiger partial charge in [0, 0.05) is 18.6 Å². The van der Waals surface area contributed by atoms with Crippen molar-refractivity contribution in [1.82, 2.24) is 4.90 Å². The van der Waals surface area contributed by atoms with Crippen LogP contribution < -0.4 is 0 Å². The van der Waals surface area contributed by atoms with E-state index < -0.39 is 0 Å². The van der Waals surface area contributed by atoms with Gasteiger partial charge in [-0.05, 0) is 25.7 Å². The molecule has 0 aromatic heterocycles. The second-order valence-electron chi connectivity index (χ2n) is 4.48. The molecule has 0 unspecified atom stereocenters. The van der Waals surface area contributed by atoms with Gasteiger partial charge in [-0.25, -0.2) is 0 Å². The van der Waals surface area contributed by atoms with E-state index in [1.807, 2.05) is 0 Å². The van der Waals surface area contributed by atoms with Crippen LogP contribution in [0.25, 0.3) is 0 Å². The predicted molar refractivity (Wildman–Crippen MR) is 53.7 cm³/mol. The molecule has 0 spiro atoms. The Balaban J connectivity index is 1.86. The lowest BCUT2D eigenvalue weighted by Gasteiger charge is -2.41. The third-order valence-corrected chi connectivity index (χ3v) is 3.70. The van der Waals surface area contributed by atoms with Crippen molar-refractivity contribution < 1.29 is 5.11 Å². The van der Waals surface area contributed by atoms with Crippen molar-refractivity contribution in [3.8, 4) is 0 Å². The molecule has 0 heterocycles. The first-order chi connectivity index (χ1) is 6.42. The van der Waals surface area contributed by atoms with Crippen LogP contribution in [-0.4, -0.2) is 35.2 Å². The Labute approximate surface area is 80.9 Å². The molecule has 13 heavy (non-hydrogen) atoms. The SMILES string of the molecule is OCCN(C1CCCC1)C1CCC1. The number of hydrogen-bond acceptors (Lipinski definition) is 2. The van der Waals surface area contributed by atoms with Crippen molar-refractivity contribution in [2.75, 3.05) is 13.2 Å². The van der Waals surface area contributed by atoms with Crippen molar-refractivity contribution in [3.05, 3.63) is 0 Å². The van der Waals surface area contributed by atoms with Crippen molar-refractivity contribution in [1.29, 1.82) is 0 Å².